The molecule has 3 N–H and O–H groups in total. The van der Waals surface area contributed by atoms with Crippen LogP contribution in [0.1, 0.15) is 17.0 Å². The van der Waals surface area contributed by atoms with E-state index in [1.54, 1.807) is 18.3 Å². The molecule has 8 heteroatoms. The van der Waals surface area contributed by atoms with Crippen molar-refractivity contribution in [1.82, 2.24) is 14.7 Å². The fourth-order valence-electron chi connectivity index (χ4n) is 1.58. The second-order valence-electron chi connectivity index (χ2n) is 4.37. The van der Waals surface area contributed by atoms with E-state index in [1.807, 2.05) is 6.92 Å². The maximum atomic E-state index is 12.2. The average molecular weight is 322 g/mol. The van der Waals surface area contributed by atoms with Gasteiger partial charge in [-0.3, -0.25) is 9.97 Å². The lowest BCUT2D eigenvalue weighted by atomic mass is 10.2. The van der Waals surface area contributed by atoms with Gasteiger partial charge in [-0.15, -0.1) is 0 Å². The maximum Gasteiger partial charge on any atom is 0.240 e. The molecule has 0 saturated heterocycles. The summed E-state index contributed by atoms with van der Waals surface area (Å²) in [4.78, 5) is 8.40. The van der Waals surface area contributed by atoms with Gasteiger partial charge in [0.05, 0.1) is 29.0 Å². The highest BCUT2D eigenvalue weighted by Gasteiger charge is 2.15. The van der Waals surface area contributed by atoms with E-state index >= 15 is 0 Å². The quantitative estimate of drug-likeness (QED) is 0.794. The van der Waals surface area contributed by atoms with Crippen LogP contribution in [-0.4, -0.2) is 23.4 Å². The van der Waals surface area contributed by atoms with Crippen molar-refractivity contribution >= 4 is 27.2 Å². The van der Waals surface area contributed by atoms with Gasteiger partial charge in [0.2, 0.25) is 10.0 Å². The number of sulfonamides is 1. The second kappa shape index (κ2) is 6.25. The normalized spacial score (nSPS) is 11.3. The second-order valence-corrected chi connectivity index (χ2v) is 6.57. The minimum atomic E-state index is -3.66. The molecule has 110 valence electrons. The Kier molecular flexibility index (Phi) is 4.61. The molecule has 6 nitrogen and oxygen atoms in total. The topological polar surface area (TPSA) is 98.0 Å². The third-order valence-electron chi connectivity index (χ3n) is 2.71. The summed E-state index contributed by atoms with van der Waals surface area (Å²) in [6.07, 6.45) is 3.11. The Morgan fingerprint density at radius 3 is 2.71 bits per heavy atom. The Bertz CT molecular complexity index is 758. The Hall–Kier alpha value is -1.90. The summed E-state index contributed by atoms with van der Waals surface area (Å²) in [5.41, 5.74) is 7.31. The molecule has 0 atom stereocenters. The van der Waals surface area contributed by atoms with Gasteiger partial charge in [-0.05, 0) is 19.1 Å². The first-order valence-corrected chi connectivity index (χ1v) is 7.95. The maximum absolute atomic E-state index is 12.2. The van der Waals surface area contributed by atoms with Crippen LogP contribution in [0.25, 0.3) is 0 Å². The highest BCUT2D eigenvalue weighted by Crippen LogP contribution is 2.12. The monoisotopic (exact) mass is 322 g/mol. The fourth-order valence-corrected chi connectivity index (χ4v) is 2.75. The third kappa shape index (κ3) is 4.03. The number of nitrogens with one attached hydrogen (secondary N) is 1. The molecule has 0 saturated carbocycles. The number of nitrogens with zero attached hydrogens (tertiary/aromatic N) is 2. The summed E-state index contributed by atoms with van der Waals surface area (Å²) in [5, 5.41) is 0. The van der Waals surface area contributed by atoms with Crippen LogP contribution in [0, 0.1) is 6.92 Å². The first-order valence-electron chi connectivity index (χ1n) is 6.05. The molecule has 1 aromatic carbocycles. The molecule has 0 bridgehead atoms. The zero-order valence-corrected chi connectivity index (χ0v) is 12.9. The predicted molar refractivity (Wildman–Crippen MR) is 83.1 cm³/mol. The molecule has 0 spiro atoms. The third-order valence-corrected chi connectivity index (χ3v) is 4.34. The smallest absolute Gasteiger partial charge is 0.240 e. The van der Waals surface area contributed by atoms with Crippen molar-refractivity contribution in [2.75, 3.05) is 0 Å². The molecule has 0 aliphatic rings. The molecule has 0 aliphatic carbocycles. The SMILES string of the molecule is Cc1cnc(CNS(=O)(=O)c2cccc(C(N)=S)c2)cn1. The van der Waals surface area contributed by atoms with Crippen LogP contribution < -0.4 is 10.5 Å². The fraction of sp³-hybridized carbons (Fsp3) is 0.154. The van der Waals surface area contributed by atoms with Crippen LogP contribution in [0.5, 0.6) is 0 Å². The number of benzene rings is 1. The molecule has 0 fully saturated rings. The van der Waals surface area contributed by atoms with Crippen molar-refractivity contribution in [3.63, 3.8) is 0 Å². The van der Waals surface area contributed by atoms with Crippen molar-refractivity contribution in [1.29, 1.82) is 0 Å². The highest BCUT2D eigenvalue weighted by atomic mass is 32.2. The minimum Gasteiger partial charge on any atom is -0.389 e. The zero-order valence-electron chi connectivity index (χ0n) is 11.3. The van der Waals surface area contributed by atoms with Crippen molar-refractivity contribution in [2.24, 2.45) is 5.73 Å². The molecule has 0 unspecified atom stereocenters. The standard InChI is InChI=1S/C13H14N4O2S2/c1-9-6-16-11(7-15-9)8-17-21(18,19)12-4-2-3-10(5-12)13(14)20/h2-7,17H,8H2,1H3,(H2,14,20). The Labute approximate surface area is 128 Å². The number of aromatic nitrogens is 2. The van der Waals surface area contributed by atoms with E-state index in [0.29, 0.717) is 11.3 Å². The van der Waals surface area contributed by atoms with Crippen LogP contribution in [0.4, 0.5) is 0 Å². The largest absolute Gasteiger partial charge is 0.389 e. The van der Waals surface area contributed by atoms with E-state index in [0.717, 1.165) is 5.69 Å². The molecule has 0 amide bonds. The number of nitrogens with two attached hydrogens (primary N) is 1. The van der Waals surface area contributed by atoms with Gasteiger partial charge in [-0.25, -0.2) is 13.1 Å². The number of hydrogen-bond donors (Lipinski definition) is 2. The van der Waals surface area contributed by atoms with Crippen molar-refractivity contribution in [2.45, 2.75) is 18.4 Å². The van der Waals surface area contributed by atoms with Gasteiger partial charge in [0, 0.05) is 11.8 Å². The Morgan fingerprint density at radius 2 is 2.10 bits per heavy atom. The first kappa shape index (κ1) is 15.5. The lowest BCUT2D eigenvalue weighted by Crippen LogP contribution is -2.24. The molecule has 0 aliphatic heterocycles. The summed E-state index contributed by atoms with van der Waals surface area (Å²) in [5.74, 6) is 0. The number of thiocarbonyl (C=S) groups is 1. The summed E-state index contributed by atoms with van der Waals surface area (Å²) < 4.78 is 26.9. The number of rotatable bonds is 5. The molecule has 2 rings (SSSR count). The zero-order chi connectivity index (χ0) is 15.5. The van der Waals surface area contributed by atoms with Crippen LogP contribution in [-0.2, 0) is 16.6 Å². The van der Waals surface area contributed by atoms with E-state index < -0.39 is 10.0 Å². The van der Waals surface area contributed by atoms with E-state index in [-0.39, 0.29) is 16.4 Å². The van der Waals surface area contributed by atoms with E-state index in [4.69, 9.17) is 18.0 Å². The van der Waals surface area contributed by atoms with Crippen molar-refractivity contribution < 1.29 is 8.42 Å². The molecular weight excluding hydrogens is 308 g/mol. The van der Waals surface area contributed by atoms with Gasteiger partial charge in [0.1, 0.15) is 4.99 Å². The molecule has 2 aromatic rings. The molecule has 0 radical (unpaired) electrons. The number of aryl methyl sites for hydroxylation is 1. The van der Waals surface area contributed by atoms with Gasteiger partial charge in [0.15, 0.2) is 0 Å². The van der Waals surface area contributed by atoms with Crippen molar-refractivity contribution in [3.05, 3.63) is 53.6 Å². The Morgan fingerprint density at radius 1 is 1.33 bits per heavy atom. The first-order chi connectivity index (χ1) is 9.88. The van der Waals surface area contributed by atoms with Crippen LogP contribution >= 0.6 is 12.2 Å². The molecular formula is C13H14N4O2S2. The van der Waals surface area contributed by atoms with Crippen molar-refractivity contribution in [3.8, 4) is 0 Å². The lowest BCUT2D eigenvalue weighted by molar-refractivity contribution is 0.580. The van der Waals surface area contributed by atoms with Gasteiger partial charge >= 0.3 is 0 Å². The summed E-state index contributed by atoms with van der Waals surface area (Å²) in [7, 11) is -3.66. The molecule has 1 aromatic heterocycles. The van der Waals surface area contributed by atoms with Crippen LogP contribution in [0.15, 0.2) is 41.6 Å². The van der Waals surface area contributed by atoms with Crippen LogP contribution in [0.2, 0.25) is 0 Å². The summed E-state index contributed by atoms with van der Waals surface area (Å²) in [6, 6.07) is 6.16. The van der Waals surface area contributed by atoms with Crippen LogP contribution in [0.3, 0.4) is 0 Å². The predicted octanol–water partition coefficient (Wildman–Crippen LogP) is 0.898. The molecule has 1 heterocycles. The average Bonchev–Trinajstić information content (AvgIpc) is 2.47. The van der Waals surface area contributed by atoms with Gasteiger partial charge in [-0.2, -0.15) is 0 Å². The highest BCUT2D eigenvalue weighted by molar-refractivity contribution is 7.89. The Balaban J connectivity index is 2.16. The molecule has 21 heavy (non-hydrogen) atoms. The van der Waals surface area contributed by atoms with Gasteiger partial charge in [-0.1, -0.05) is 24.4 Å². The number of hydrogen-bond acceptors (Lipinski definition) is 5. The minimum absolute atomic E-state index is 0.0624. The van der Waals surface area contributed by atoms with E-state index in [9.17, 15) is 8.42 Å². The summed E-state index contributed by atoms with van der Waals surface area (Å²) in [6.45, 7) is 1.87. The lowest BCUT2D eigenvalue weighted by Gasteiger charge is -2.07. The van der Waals surface area contributed by atoms with E-state index in [1.165, 1.54) is 18.3 Å². The van der Waals surface area contributed by atoms with Gasteiger partial charge in [0.25, 0.3) is 0 Å². The summed E-state index contributed by atoms with van der Waals surface area (Å²) >= 11 is 4.84. The van der Waals surface area contributed by atoms with Gasteiger partial charge < -0.3 is 5.73 Å². The van der Waals surface area contributed by atoms with E-state index in [2.05, 4.69) is 14.7 Å².